The van der Waals surface area contributed by atoms with Crippen molar-refractivity contribution in [3.8, 4) is 6.07 Å². The Morgan fingerprint density at radius 1 is 1.29 bits per heavy atom. The monoisotopic (exact) mass is 355 g/mol. The van der Waals surface area contributed by atoms with Crippen LogP contribution in [0.3, 0.4) is 0 Å². The summed E-state index contributed by atoms with van der Waals surface area (Å²) in [4.78, 5) is 3.99. The first-order valence-corrected chi connectivity index (χ1v) is 6.23. The Labute approximate surface area is 118 Å². The molecule has 2 aromatic rings. The normalized spacial score (nSPS) is 9.71. The summed E-state index contributed by atoms with van der Waals surface area (Å²) in [5.41, 5.74) is 1.97. The van der Waals surface area contributed by atoms with E-state index in [-0.39, 0.29) is 0 Å². The molecule has 0 radical (unpaired) electrons. The second kappa shape index (κ2) is 5.34. The highest BCUT2D eigenvalue weighted by molar-refractivity contribution is 14.1. The first-order valence-electron chi connectivity index (χ1n) is 4.78. The van der Waals surface area contributed by atoms with Crippen molar-refractivity contribution in [2.45, 2.75) is 0 Å². The van der Waals surface area contributed by atoms with Gasteiger partial charge in [0.15, 0.2) is 5.69 Å². The zero-order chi connectivity index (χ0) is 12.3. The predicted molar refractivity (Wildman–Crippen MR) is 76.4 cm³/mol. The zero-order valence-electron chi connectivity index (χ0n) is 8.61. The molecular weight excluding hydrogens is 349 g/mol. The highest BCUT2D eigenvalue weighted by Gasteiger charge is 2.05. The standard InChI is InChI=1S/C12H7ClIN3/c13-8-3-4-10(9(14)6-8)17-11-2-1-5-16-12(11)7-15/h1-6,17H. The van der Waals surface area contributed by atoms with E-state index < -0.39 is 0 Å². The van der Waals surface area contributed by atoms with E-state index in [1.807, 2.05) is 24.3 Å². The fraction of sp³-hybridized carbons (Fsp3) is 0. The molecule has 1 heterocycles. The van der Waals surface area contributed by atoms with Crippen LogP contribution in [0, 0.1) is 14.9 Å². The first-order chi connectivity index (χ1) is 8.20. The van der Waals surface area contributed by atoms with Crippen molar-refractivity contribution < 1.29 is 0 Å². The van der Waals surface area contributed by atoms with E-state index in [1.165, 1.54) is 0 Å². The van der Waals surface area contributed by atoms with Crippen molar-refractivity contribution in [1.29, 1.82) is 5.26 Å². The number of benzene rings is 1. The van der Waals surface area contributed by atoms with Crippen LogP contribution in [0.2, 0.25) is 5.02 Å². The van der Waals surface area contributed by atoms with Gasteiger partial charge in [-0.1, -0.05) is 11.6 Å². The first kappa shape index (κ1) is 12.1. The summed E-state index contributed by atoms with van der Waals surface area (Å²) < 4.78 is 0.989. The average molecular weight is 356 g/mol. The SMILES string of the molecule is N#Cc1ncccc1Nc1ccc(Cl)cc1I. The quantitative estimate of drug-likeness (QED) is 0.830. The van der Waals surface area contributed by atoms with Gasteiger partial charge in [-0.2, -0.15) is 5.26 Å². The molecule has 5 heteroatoms. The summed E-state index contributed by atoms with van der Waals surface area (Å²) in [5.74, 6) is 0. The van der Waals surface area contributed by atoms with Crippen molar-refractivity contribution in [3.05, 3.63) is 50.8 Å². The maximum atomic E-state index is 8.93. The largest absolute Gasteiger partial charge is 0.352 e. The number of hydrogen-bond acceptors (Lipinski definition) is 3. The van der Waals surface area contributed by atoms with Gasteiger partial charge in [0, 0.05) is 14.8 Å². The zero-order valence-corrected chi connectivity index (χ0v) is 11.5. The van der Waals surface area contributed by atoms with E-state index >= 15 is 0 Å². The number of halogens is 2. The second-order valence-corrected chi connectivity index (χ2v) is 4.86. The van der Waals surface area contributed by atoms with Crippen LogP contribution >= 0.6 is 34.2 Å². The van der Waals surface area contributed by atoms with Crippen LogP contribution in [-0.2, 0) is 0 Å². The maximum absolute atomic E-state index is 8.93. The van der Waals surface area contributed by atoms with Crippen molar-refractivity contribution in [3.63, 3.8) is 0 Å². The Kier molecular flexibility index (Phi) is 3.82. The Balaban J connectivity index is 2.35. The molecule has 0 saturated carbocycles. The fourth-order valence-electron chi connectivity index (χ4n) is 1.33. The number of hydrogen-bond donors (Lipinski definition) is 1. The van der Waals surface area contributed by atoms with Crippen LogP contribution in [-0.4, -0.2) is 4.98 Å². The van der Waals surface area contributed by atoms with Crippen molar-refractivity contribution in [1.82, 2.24) is 4.98 Å². The Hall–Kier alpha value is -1.32. The third-order valence-corrected chi connectivity index (χ3v) is 3.24. The third kappa shape index (κ3) is 2.87. The van der Waals surface area contributed by atoms with E-state index in [2.05, 4.69) is 32.9 Å². The second-order valence-electron chi connectivity index (χ2n) is 3.26. The van der Waals surface area contributed by atoms with Gasteiger partial charge in [0.2, 0.25) is 0 Å². The molecule has 3 nitrogen and oxygen atoms in total. The molecule has 2 rings (SSSR count). The Morgan fingerprint density at radius 2 is 2.12 bits per heavy atom. The molecule has 0 amide bonds. The molecule has 1 aromatic heterocycles. The Morgan fingerprint density at radius 3 is 2.82 bits per heavy atom. The molecule has 0 aliphatic rings. The van der Waals surface area contributed by atoms with Crippen molar-refractivity contribution >= 4 is 45.6 Å². The number of anilines is 2. The van der Waals surface area contributed by atoms with Crippen molar-refractivity contribution in [2.24, 2.45) is 0 Å². The number of aromatic nitrogens is 1. The molecule has 0 spiro atoms. The molecule has 0 aliphatic heterocycles. The minimum Gasteiger partial charge on any atom is -0.352 e. The molecule has 0 atom stereocenters. The van der Waals surface area contributed by atoms with Crippen molar-refractivity contribution in [2.75, 3.05) is 5.32 Å². The minimum atomic E-state index is 0.373. The van der Waals surface area contributed by atoms with E-state index in [0.29, 0.717) is 16.4 Å². The molecule has 0 saturated heterocycles. The summed E-state index contributed by atoms with van der Waals surface area (Å²) in [5, 5.41) is 12.8. The van der Waals surface area contributed by atoms with Gasteiger partial charge in [0.05, 0.1) is 11.4 Å². The molecule has 0 aliphatic carbocycles. The van der Waals surface area contributed by atoms with Crippen LogP contribution in [0.1, 0.15) is 5.69 Å². The molecule has 0 bridgehead atoms. The van der Waals surface area contributed by atoms with Gasteiger partial charge in [-0.25, -0.2) is 4.98 Å². The number of pyridine rings is 1. The number of nitrogens with zero attached hydrogens (tertiary/aromatic N) is 2. The smallest absolute Gasteiger partial charge is 0.163 e. The van der Waals surface area contributed by atoms with Crippen LogP contribution in [0.15, 0.2) is 36.5 Å². The van der Waals surface area contributed by atoms with E-state index in [1.54, 1.807) is 18.3 Å². The molecule has 84 valence electrons. The lowest BCUT2D eigenvalue weighted by atomic mass is 10.2. The highest BCUT2D eigenvalue weighted by Crippen LogP contribution is 2.26. The molecular formula is C12H7ClIN3. The third-order valence-electron chi connectivity index (χ3n) is 2.11. The number of nitrogens with one attached hydrogen (secondary N) is 1. The summed E-state index contributed by atoms with van der Waals surface area (Å²) >= 11 is 8.07. The minimum absolute atomic E-state index is 0.373. The van der Waals surface area contributed by atoms with E-state index in [9.17, 15) is 0 Å². The lowest BCUT2D eigenvalue weighted by molar-refractivity contribution is 1.26. The van der Waals surface area contributed by atoms with Crippen LogP contribution in [0.25, 0.3) is 0 Å². The highest BCUT2D eigenvalue weighted by atomic mass is 127. The molecule has 0 fully saturated rings. The maximum Gasteiger partial charge on any atom is 0.163 e. The van der Waals surface area contributed by atoms with Crippen LogP contribution in [0.4, 0.5) is 11.4 Å². The van der Waals surface area contributed by atoms with Gasteiger partial charge < -0.3 is 5.32 Å². The predicted octanol–water partition coefficient (Wildman–Crippen LogP) is 3.95. The molecule has 0 unspecified atom stereocenters. The van der Waals surface area contributed by atoms with Gasteiger partial charge in [0.25, 0.3) is 0 Å². The summed E-state index contributed by atoms with van der Waals surface area (Å²) in [6.45, 7) is 0. The lowest BCUT2D eigenvalue weighted by Crippen LogP contribution is -1.97. The molecule has 17 heavy (non-hydrogen) atoms. The topological polar surface area (TPSA) is 48.7 Å². The van der Waals surface area contributed by atoms with Crippen LogP contribution in [0.5, 0.6) is 0 Å². The summed E-state index contributed by atoms with van der Waals surface area (Å²) in [6.07, 6.45) is 1.59. The van der Waals surface area contributed by atoms with E-state index in [4.69, 9.17) is 16.9 Å². The summed E-state index contributed by atoms with van der Waals surface area (Å²) in [7, 11) is 0. The van der Waals surface area contributed by atoms with Gasteiger partial charge in [0.1, 0.15) is 6.07 Å². The molecule has 1 aromatic carbocycles. The van der Waals surface area contributed by atoms with Crippen LogP contribution < -0.4 is 5.32 Å². The number of nitriles is 1. The summed E-state index contributed by atoms with van der Waals surface area (Å²) in [6, 6.07) is 11.2. The Bertz CT molecular complexity index is 593. The lowest BCUT2D eigenvalue weighted by Gasteiger charge is -2.09. The fourth-order valence-corrected chi connectivity index (χ4v) is 2.34. The number of rotatable bonds is 2. The molecule has 1 N–H and O–H groups in total. The van der Waals surface area contributed by atoms with Gasteiger partial charge in [-0.3, -0.25) is 0 Å². The average Bonchev–Trinajstić information content (AvgIpc) is 2.33. The van der Waals surface area contributed by atoms with Gasteiger partial charge in [-0.05, 0) is 52.9 Å². The van der Waals surface area contributed by atoms with E-state index in [0.717, 1.165) is 9.26 Å². The van der Waals surface area contributed by atoms with Gasteiger partial charge in [-0.15, -0.1) is 0 Å². The van der Waals surface area contributed by atoms with Gasteiger partial charge >= 0.3 is 0 Å².